The summed E-state index contributed by atoms with van der Waals surface area (Å²) < 4.78 is 9.29. The number of aromatic nitrogens is 4. The van der Waals surface area contributed by atoms with Crippen LogP contribution >= 0.6 is 11.6 Å². The Morgan fingerprint density at radius 1 is 1.32 bits per heavy atom. The summed E-state index contributed by atoms with van der Waals surface area (Å²) in [5.74, 6) is 1.36. The molecule has 0 aliphatic carbocycles. The van der Waals surface area contributed by atoms with Crippen molar-refractivity contribution < 1.29 is 4.74 Å². The molecule has 2 aromatic heterocycles. The number of imidazole rings is 1. The minimum absolute atomic E-state index is 0.433. The van der Waals surface area contributed by atoms with Gasteiger partial charge in [0.15, 0.2) is 5.65 Å². The highest BCUT2D eigenvalue weighted by Gasteiger charge is 2.17. The summed E-state index contributed by atoms with van der Waals surface area (Å²) in [5, 5.41) is 4.51. The van der Waals surface area contributed by atoms with Crippen LogP contribution in [0.3, 0.4) is 0 Å². The molecular weight excluding hydrogens is 264 g/mol. The molecule has 6 heteroatoms. The Morgan fingerprint density at radius 3 is 2.74 bits per heavy atom. The molecule has 19 heavy (non-hydrogen) atoms. The number of unbranched alkanes of at least 4 members (excludes halogenated alkanes) is 1. The quantitative estimate of drug-likeness (QED) is 0.580. The van der Waals surface area contributed by atoms with Crippen molar-refractivity contribution in [2.75, 3.05) is 13.7 Å². The molecule has 0 unspecified atom stereocenters. The number of hydrogen-bond donors (Lipinski definition) is 0. The lowest BCUT2D eigenvalue weighted by atomic mass is 10.3. The Bertz CT molecular complexity index is 546. The Kier molecular flexibility index (Phi) is 4.82. The molecule has 5 nitrogen and oxygen atoms in total. The van der Waals surface area contributed by atoms with Crippen molar-refractivity contribution >= 4 is 22.8 Å². The van der Waals surface area contributed by atoms with Crippen molar-refractivity contribution in [3.63, 3.8) is 0 Å². The molecule has 0 saturated carbocycles. The van der Waals surface area contributed by atoms with Gasteiger partial charge in [-0.25, -0.2) is 9.67 Å². The third kappa shape index (κ3) is 2.77. The summed E-state index contributed by atoms with van der Waals surface area (Å²) in [7, 11) is 1.73. The van der Waals surface area contributed by atoms with Crippen LogP contribution in [0.5, 0.6) is 0 Å². The number of alkyl halides is 1. The molecule has 0 saturated heterocycles. The van der Waals surface area contributed by atoms with Gasteiger partial charge < -0.3 is 9.30 Å². The van der Waals surface area contributed by atoms with E-state index in [1.807, 2.05) is 11.6 Å². The van der Waals surface area contributed by atoms with E-state index in [2.05, 4.69) is 21.6 Å². The van der Waals surface area contributed by atoms with Crippen molar-refractivity contribution in [2.24, 2.45) is 0 Å². The van der Waals surface area contributed by atoms with Crippen LogP contribution in [0.4, 0.5) is 0 Å². The second-order valence-corrected chi connectivity index (χ2v) is 4.85. The maximum atomic E-state index is 6.01. The van der Waals surface area contributed by atoms with Gasteiger partial charge in [-0.1, -0.05) is 0 Å². The summed E-state index contributed by atoms with van der Waals surface area (Å²) in [5.41, 5.74) is 3.04. The highest BCUT2D eigenvalue weighted by atomic mass is 35.5. The first kappa shape index (κ1) is 14.3. The number of ether oxygens (including phenoxy) is 1. The van der Waals surface area contributed by atoms with Crippen LogP contribution in [-0.2, 0) is 23.7 Å². The number of halogens is 1. The highest BCUT2D eigenvalue weighted by Crippen LogP contribution is 2.21. The van der Waals surface area contributed by atoms with Gasteiger partial charge in [0.2, 0.25) is 0 Å². The maximum absolute atomic E-state index is 6.01. The number of nitrogens with zero attached hydrogens (tertiary/aromatic N) is 4. The minimum atomic E-state index is 0.433. The van der Waals surface area contributed by atoms with Crippen LogP contribution < -0.4 is 0 Å². The fraction of sp³-hybridized carbons (Fsp3) is 0.692. The zero-order chi connectivity index (χ0) is 13.8. The van der Waals surface area contributed by atoms with Gasteiger partial charge in [0.1, 0.15) is 11.3 Å². The first-order valence-corrected chi connectivity index (χ1v) is 7.23. The molecule has 106 valence electrons. The summed E-state index contributed by atoms with van der Waals surface area (Å²) >= 11 is 6.01. The van der Waals surface area contributed by atoms with Gasteiger partial charge in [-0.15, -0.1) is 11.6 Å². The molecule has 2 rings (SSSR count). The number of rotatable bonds is 7. The van der Waals surface area contributed by atoms with E-state index in [-0.39, 0.29) is 0 Å². The molecule has 0 aromatic carbocycles. The minimum Gasteiger partial charge on any atom is -0.385 e. The molecule has 2 aromatic rings. The highest BCUT2D eigenvalue weighted by molar-refractivity contribution is 6.16. The van der Waals surface area contributed by atoms with E-state index in [1.165, 1.54) is 0 Å². The van der Waals surface area contributed by atoms with Crippen molar-refractivity contribution in [1.29, 1.82) is 0 Å². The van der Waals surface area contributed by atoms with Crippen LogP contribution in [0.25, 0.3) is 11.2 Å². The van der Waals surface area contributed by atoms with Gasteiger partial charge in [0, 0.05) is 26.8 Å². The van der Waals surface area contributed by atoms with Crippen LogP contribution in [0.1, 0.15) is 31.3 Å². The monoisotopic (exact) mass is 284 g/mol. The van der Waals surface area contributed by atoms with Gasteiger partial charge in [-0.2, -0.15) is 5.10 Å². The van der Waals surface area contributed by atoms with Crippen LogP contribution in [0.15, 0.2) is 0 Å². The second-order valence-electron chi connectivity index (χ2n) is 4.59. The Hall–Kier alpha value is -1.07. The summed E-state index contributed by atoms with van der Waals surface area (Å²) in [6.45, 7) is 6.63. The van der Waals surface area contributed by atoms with E-state index in [9.17, 15) is 0 Å². The smallest absolute Gasteiger partial charge is 0.158 e. The normalized spacial score (nSPS) is 11.6. The SMILES string of the molecule is CCn1nc(C)c2nc(CCl)n(CCCCOC)c21. The third-order valence-electron chi connectivity index (χ3n) is 3.28. The van der Waals surface area contributed by atoms with Gasteiger partial charge >= 0.3 is 0 Å². The lowest BCUT2D eigenvalue weighted by Crippen LogP contribution is -2.08. The second kappa shape index (κ2) is 6.39. The lowest BCUT2D eigenvalue weighted by Gasteiger charge is -2.08. The Balaban J connectivity index is 2.32. The number of aryl methyl sites for hydroxylation is 3. The van der Waals surface area contributed by atoms with E-state index in [1.54, 1.807) is 7.11 Å². The molecule has 0 N–H and O–H groups in total. The van der Waals surface area contributed by atoms with Crippen molar-refractivity contribution in [2.45, 2.75) is 45.7 Å². The Morgan fingerprint density at radius 2 is 2.11 bits per heavy atom. The van der Waals surface area contributed by atoms with Gasteiger partial charge in [-0.3, -0.25) is 0 Å². The van der Waals surface area contributed by atoms with Gasteiger partial charge in [-0.05, 0) is 26.7 Å². The third-order valence-corrected chi connectivity index (χ3v) is 3.52. The first-order valence-electron chi connectivity index (χ1n) is 6.70. The summed E-state index contributed by atoms with van der Waals surface area (Å²) in [4.78, 5) is 4.61. The zero-order valence-corrected chi connectivity index (χ0v) is 12.6. The molecule has 0 radical (unpaired) electrons. The molecule has 0 bridgehead atoms. The van der Waals surface area contributed by atoms with Crippen LogP contribution in [0.2, 0.25) is 0 Å². The number of fused-ring (bicyclic) bond motifs is 1. The van der Waals surface area contributed by atoms with Crippen molar-refractivity contribution in [3.8, 4) is 0 Å². The summed E-state index contributed by atoms with van der Waals surface area (Å²) in [6, 6.07) is 0. The topological polar surface area (TPSA) is 44.9 Å². The van der Waals surface area contributed by atoms with E-state index in [0.29, 0.717) is 5.88 Å². The average Bonchev–Trinajstić information content (AvgIpc) is 2.93. The van der Waals surface area contributed by atoms with E-state index in [4.69, 9.17) is 16.3 Å². The molecule has 0 aliphatic heterocycles. The molecule has 0 spiro atoms. The molecular formula is C13H21ClN4O. The molecule has 0 atom stereocenters. The number of methoxy groups -OCH3 is 1. The molecule has 0 amide bonds. The standard InChI is InChI=1S/C13H21ClN4O/c1-4-18-13-12(10(2)16-18)15-11(9-14)17(13)7-5-6-8-19-3/h4-9H2,1-3H3. The van der Waals surface area contributed by atoms with Crippen molar-refractivity contribution in [3.05, 3.63) is 11.5 Å². The molecule has 0 aliphatic rings. The maximum Gasteiger partial charge on any atom is 0.158 e. The number of hydrogen-bond acceptors (Lipinski definition) is 3. The largest absolute Gasteiger partial charge is 0.385 e. The fourth-order valence-corrected chi connectivity index (χ4v) is 2.55. The Labute approximate surface area is 118 Å². The van der Waals surface area contributed by atoms with Crippen LogP contribution in [0, 0.1) is 6.92 Å². The predicted octanol–water partition coefficient (Wildman–Crippen LogP) is 2.73. The van der Waals surface area contributed by atoms with Gasteiger partial charge in [0.05, 0.1) is 11.6 Å². The fourth-order valence-electron chi connectivity index (χ4n) is 2.34. The van der Waals surface area contributed by atoms with Gasteiger partial charge in [0.25, 0.3) is 0 Å². The lowest BCUT2D eigenvalue weighted by molar-refractivity contribution is 0.191. The van der Waals surface area contributed by atoms with E-state index >= 15 is 0 Å². The van der Waals surface area contributed by atoms with E-state index in [0.717, 1.165) is 55.2 Å². The summed E-state index contributed by atoms with van der Waals surface area (Å²) in [6.07, 6.45) is 2.09. The van der Waals surface area contributed by atoms with E-state index < -0.39 is 0 Å². The molecule has 0 fully saturated rings. The first-order chi connectivity index (χ1) is 9.22. The average molecular weight is 285 g/mol. The molecule has 2 heterocycles. The predicted molar refractivity (Wildman–Crippen MR) is 76.6 cm³/mol. The zero-order valence-electron chi connectivity index (χ0n) is 11.8. The van der Waals surface area contributed by atoms with Crippen molar-refractivity contribution in [1.82, 2.24) is 19.3 Å². The van der Waals surface area contributed by atoms with Crippen LogP contribution in [-0.4, -0.2) is 33.0 Å².